The molecule has 8 heteroatoms. The zero-order valence-electron chi connectivity index (χ0n) is 12.0. The number of carbonyl (C=O) groups is 2. The number of amides is 1. The van der Waals surface area contributed by atoms with Crippen LogP contribution in [0.25, 0.3) is 0 Å². The number of thioether (sulfide) groups is 1. The molecule has 0 aromatic heterocycles. The molecule has 0 spiro atoms. The zero-order valence-corrected chi connectivity index (χ0v) is 13.7. The van der Waals surface area contributed by atoms with Crippen molar-refractivity contribution in [3.05, 3.63) is 0 Å². The molecule has 1 heterocycles. The van der Waals surface area contributed by atoms with Crippen LogP contribution in [0.1, 0.15) is 25.7 Å². The van der Waals surface area contributed by atoms with Crippen molar-refractivity contribution in [3.8, 4) is 0 Å². The van der Waals surface area contributed by atoms with Crippen LogP contribution in [0.4, 0.5) is 0 Å². The molecule has 3 unspecified atom stereocenters. The van der Waals surface area contributed by atoms with Crippen molar-refractivity contribution in [1.82, 2.24) is 4.90 Å². The predicted molar refractivity (Wildman–Crippen MR) is 80.8 cm³/mol. The minimum Gasteiger partial charge on any atom is -0.481 e. The number of hydrogen-bond acceptors (Lipinski definition) is 5. The summed E-state index contributed by atoms with van der Waals surface area (Å²) >= 11 is 1.52. The van der Waals surface area contributed by atoms with Crippen LogP contribution in [-0.4, -0.2) is 60.0 Å². The normalized spacial score (nSPS) is 30.9. The van der Waals surface area contributed by atoms with Gasteiger partial charge in [-0.25, -0.2) is 8.42 Å². The van der Waals surface area contributed by atoms with E-state index in [-0.39, 0.29) is 5.91 Å². The van der Waals surface area contributed by atoms with E-state index in [4.69, 9.17) is 0 Å². The van der Waals surface area contributed by atoms with E-state index in [1.54, 1.807) is 0 Å². The van der Waals surface area contributed by atoms with Gasteiger partial charge in [-0.3, -0.25) is 9.59 Å². The molecule has 2 aliphatic rings. The minimum absolute atomic E-state index is 0.294. The summed E-state index contributed by atoms with van der Waals surface area (Å²) in [6, 6.07) is 0. The summed E-state index contributed by atoms with van der Waals surface area (Å²) < 4.78 is 23.8. The number of carbonyl (C=O) groups excluding carboxylic acids is 1. The van der Waals surface area contributed by atoms with Gasteiger partial charge in [-0.05, 0) is 12.8 Å². The molecule has 1 N–H and O–H groups in total. The molecule has 0 radical (unpaired) electrons. The minimum atomic E-state index is -3.36. The second kappa shape index (κ2) is 6.56. The maximum Gasteiger partial charge on any atom is 0.307 e. The SMILES string of the molecule is CS(=O)(=O)C1CSCCN1C(=O)C1CCCCC1C(=O)O. The van der Waals surface area contributed by atoms with Gasteiger partial charge in [0.1, 0.15) is 5.37 Å². The standard InChI is InChI=1S/C13H21NO5S2/c1-21(18,19)11-8-20-7-6-14(11)12(15)9-4-2-3-5-10(9)13(16)17/h9-11H,2-8H2,1H3,(H,16,17). The van der Waals surface area contributed by atoms with Crippen LogP contribution in [-0.2, 0) is 19.4 Å². The number of sulfone groups is 1. The Morgan fingerprint density at radius 1 is 1.19 bits per heavy atom. The van der Waals surface area contributed by atoms with Crippen molar-refractivity contribution in [3.63, 3.8) is 0 Å². The third kappa shape index (κ3) is 3.71. The lowest BCUT2D eigenvalue weighted by molar-refractivity contribution is -0.152. The summed E-state index contributed by atoms with van der Waals surface area (Å²) in [5.41, 5.74) is 0. The third-order valence-electron chi connectivity index (χ3n) is 4.26. The Morgan fingerprint density at radius 3 is 2.38 bits per heavy atom. The van der Waals surface area contributed by atoms with Gasteiger partial charge in [0, 0.05) is 24.3 Å². The Bertz CT molecular complexity index is 519. The number of nitrogens with zero attached hydrogens (tertiary/aromatic N) is 1. The highest BCUT2D eigenvalue weighted by atomic mass is 32.2. The fourth-order valence-corrected chi connectivity index (χ4v) is 5.95. The number of hydrogen-bond donors (Lipinski definition) is 1. The second-order valence-electron chi connectivity index (χ2n) is 5.73. The van der Waals surface area contributed by atoms with Crippen LogP contribution < -0.4 is 0 Å². The third-order valence-corrected chi connectivity index (χ3v) is 6.91. The van der Waals surface area contributed by atoms with E-state index in [1.807, 2.05) is 0 Å². The first-order chi connectivity index (χ1) is 9.82. The van der Waals surface area contributed by atoms with Crippen LogP contribution in [0.5, 0.6) is 0 Å². The molecule has 1 aliphatic carbocycles. The van der Waals surface area contributed by atoms with E-state index in [2.05, 4.69) is 0 Å². The molecule has 1 saturated carbocycles. The van der Waals surface area contributed by atoms with Gasteiger partial charge in [0.15, 0.2) is 9.84 Å². The van der Waals surface area contributed by atoms with Gasteiger partial charge in [0.25, 0.3) is 0 Å². The topological polar surface area (TPSA) is 91.8 Å². The summed E-state index contributed by atoms with van der Waals surface area (Å²) in [6.07, 6.45) is 3.81. The second-order valence-corrected chi connectivity index (χ2v) is 9.08. The average Bonchev–Trinajstić information content (AvgIpc) is 2.45. The molecular formula is C13H21NO5S2. The van der Waals surface area contributed by atoms with Crippen LogP contribution >= 0.6 is 11.8 Å². The first-order valence-corrected chi connectivity index (χ1v) is 10.2. The molecule has 2 rings (SSSR count). The summed E-state index contributed by atoms with van der Waals surface area (Å²) in [5.74, 6) is -1.44. The molecule has 0 aromatic carbocycles. The number of carboxylic acids is 1. The largest absolute Gasteiger partial charge is 0.481 e. The first kappa shape index (κ1) is 16.6. The van der Waals surface area contributed by atoms with E-state index in [1.165, 1.54) is 16.7 Å². The highest BCUT2D eigenvalue weighted by Gasteiger charge is 2.42. The van der Waals surface area contributed by atoms with Gasteiger partial charge in [-0.2, -0.15) is 11.8 Å². The Kier molecular flexibility index (Phi) is 5.19. The van der Waals surface area contributed by atoms with Gasteiger partial charge in [-0.1, -0.05) is 12.8 Å². The van der Waals surface area contributed by atoms with Crippen LogP contribution in [0.15, 0.2) is 0 Å². The van der Waals surface area contributed by atoms with E-state index in [9.17, 15) is 23.1 Å². The van der Waals surface area contributed by atoms with Crippen molar-refractivity contribution in [2.75, 3.05) is 24.3 Å². The van der Waals surface area contributed by atoms with Crippen LogP contribution in [0.3, 0.4) is 0 Å². The smallest absolute Gasteiger partial charge is 0.307 e. The van der Waals surface area contributed by atoms with Crippen molar-refractivity contribution in [2.45, 2.75) is 31.1 Å². The monoisotopic (exact) mass is 335 g/mol. The van der Waals surface area contributed by atoms with Crippen LogP contribution in [0.2, 0.25) is 0 Å². The van der Waals surface area contributed by atoms with E-state index < -0.39 is 33.0 Å². The molecule has 120 valence electrons. The zero-order chi connectivity index (χ0) is 15.6. The molecule has 6 nitrogen and oxygen atoms in total. The van der Waals surface area contributed by atoms with Gasteiger partial charge in [0.05, 0.1) is 11.8 Å². The number of rotatable bonds is 3. The Morgan fingerprint density at radius 2 is 1.81 bits per heavy atom. The van der Waals surface area contributed by atoms with Gasteiger partial charge in [-0.15, -0.1) is 0 Å². The van der Waals surface area contributed by atoms with Gasteiger partial charge < -0.3 is 10.0 Å². The lowest BCUT2D eigenvalue weighted by atomic mass is 9.78. The molecule has 3 atom stereocenters. The number of aliphatic carboxylic acids is 1. The summed E-state index contributed by atoms with van der Waals surface area (Å²) in [4.78, 5) is 25.5. The molecule has 2 fully saturated rings. The highest BCUT2D eigenvalue weighted by Crippen LogP contribution is 2.33. The predicted octanol–water partition coefficient (Wildman–Crippen LogP) is 0.823. The van der Waals surface area contributed by atoms with Gasteiger partial charge >= 0.3 is 5.97 Å². The molecule has 1 amide bonds. The molecule has 1 aliphatic heterocycles. The molecule has 0 aromatic rings. The lowest BCUT2D eigenvalue weighted by Crippen LogP contribution is -2.53. The fraction of sp³-hybridized carbons (Fsp3) is 0.846. The summed E-state index contributed by atoms with van der Waals surface area (Å²) in [5, 5.41) is 8.47. The van der Waals surface area contributed by atoms with Crippen molar-refractivity contribution < 1.29 is 23.1 Å². The quantitative estimate of drug-likeness (QED) is 0.821. The van der Waals surface area contributed by atoms with Gasteiger partial charge in [0.2, 0.25) is 5.91 Å². The Labute approximate surface area is 129 Å². The fourth-order valence-electron chi connectivity index (χ4n) is 3.12. The van der Waals surface area contributed by atoms with E-state index >= 15 is 0 Å². The molecule has 1 saturated heterocycles. The summed E-state index contributed by atoms with van der Waals surface area (Å²) in [7, 11) is -3.36. The van der Waals surface area contributed by atoms with Crippen molar-refractivity contribution in [1.29, 1.82) is 0 Å². The van der Waals surface area contributed by atoms with Crippen molar-refractivity contribution >= 4 is 33.5 Å². The average molecular weight is 335 g/mol. The maximum atomic E-state index is 12.7. The lowest BCUT2D eigenvalue weighted by Gasteiger charge is -2.38. The Balaban J connectivity index is 2.21. The molecular weight excluding hydrogens is 314 g/mol. The van der Waals surface area contributed by atoms with E-state index in [0.29, 0.717) is 30.9 Å². The van der Waals surface area contributed by atoms with E-state index in [0.717, 1.165) is 19.1 Å². The Hall–Kier alpha value is -0.760. The van der Waals surface area contributed by atoms with Crippen molar-refractivity contribution in [2.24, 2.45) is 11.8 Å². The first-order valence-electron chi connectivity index (χ1n) is 7.12. The maximum absolute atomic E-state index is 12.7. The molecule has 0 bridgehead atoms. The number of carboxylic acid groups (broad SMARTS) is 1. The highest BCUT2D eigenvalue weighted by molar-refractivity contribution is 8.00. The summed E-state index contributed by atoms with van der Waals surface area (Å²) in [6.45, 7) is 0.379. The van der Waals surface area contributed by atoms with Crippen LogP contribution in [0, 0.1) is 11.8 Å². The molecule has 21 heavy (non-hydrogen) atoms.